The SMILES string of the molecule is CC[C@H](CC#N)NCC(C)(C)C(=O)NCc1ccccc1Cl. The van der Waals surface area contributed by atoms with Gasteiger partial charge in [0.05, 0.1) is 17.9 Å². The fraction of sp³-hybridized carbons (Fsp3) is 0.529. The topological polar surface area (TPSA) is 64.9 Å². The predicted molar refractivity (Wildman–Crippen MR) is 89.4 cm³/mol. The highest BCUT2D eigenvalue weighted by molar-refractivity contribution is 6.31. The van der Waals surface area contributed by atoms with E-state index in [2.05, 4.69) is 16.7 Å². The van der Waals surface area contributed by atoms with Crippen LogP contribution in [0.2, 0.25) is 5.02 Å². The van der Waals surface area contributed by atoms with Crippen molar-refractivity contribution >= 4 is 17.5 Å². The quantitative estimate of drug-likeness (QED) is 0.772. The van der Waals surface area contributed by atoms with Gasteiger partial charge in [-0.05, 0) is 31.9 Å². The zero-order valence-electron chi connectivity index (χ0n) is 13.4. The van der Waals surface area contributed by atoms with Gasteiger partial charge in [-0.15, -0.1) is 0 Å². The summed E-state index contributed by atoms with van der Waals surface area (Å²) in [7, 11) is 0. The Bertz CT molecular complexity index is 537. The van der Waals surface area contributed by atoms with Crippen LogP contribution in [0.5, 0.6) is 0 Å². The Kier molecular flexibility index (Phi) is 7.37. The molecule has 1 atom stereocenters. The predicted octanol–water partition coefficient (Wildman–Crippen LogP) is 3.26. The number of nitriles is 1. The molecule has 0 radical (unpaired) electrons. The molecule has 1 aromatic carbocycles. The first-order valence-electron chi connectivity index (χ1n) is 7.52. The largest absolute Gasteiger partial charge is 0.351 e. The van der Waals surface area contributed by atoms with Gasteiger partial charge in [-0.3, -0.25) is 4.79 Å². The second-order valence-corrected chi connectivity index (χ2v) is 6.41. The van der Waals surface area contributed by atoms with Gasteiger partial charge >= 0.3 is 0 Å². The molecule has 0 unspecified atom stereocenters. The summed E-state index contributed by atoms with van der Waals surface area (Å²) >= 11 is 6.08. The fourth-order valence-corrected chi connectivity index (χ4v) is 2.21. The molecule has 4 nitrogen and oxygen atoms in total. The van der Waals surface area contributed by atoms with Gasteiger partial charge in [0, 0.05) is 24.2 Å². The highest BCUT2D eigenvalue weighted by Crippen LogP contribution is 2.17. The first-order valence-corrected chi connectivity index (χ1v) is 7.90. The van der Waals surface area contributed by atoms with Crippen molar-refractivity contribution in [3.63, 3.8) is 0 Å². The molecule has 0 heterocycles. The maximum atomic E-state index is 12.3. The van der Waals surface area contributed by atoms with Crippen molar-refractivity contribution in [3.8, 4) is 6.07 Å². The maximum absolute atomic E-state index is 12.3. The number of nitrogens with zero attached hydrogens (tertiary/aromatic N) is 1. The summed E-state index contributed by atoms with van der Waals surface area (Å²) < 4.78 is 0. The minimum absolute atomic E-state index is 0.0354. The second kappa shape index (κ2) is 8.77. The van der Waals surface area contributed by atoms with Crippen LogP contribution in [0, 0.1) is 16.7 Å². The van der Waals surface area contributed by atoms with Gasteiger partial charge < -0.3 is 10.6 Å². The molecular weight excluding hydrogens is 298 g/mol. The molecule has 0 aliphatic carbocycles. The van der Waals surface area contributed by atoms with E-state index in [0.717, 1.165) is 12.0 Å². The third kappa shape index (κ3) is 5.67. The van der Waals surface area contributed by atoms with Crippen LogP contribution in [0.1, 0.15) is 39.2 Å². The van der Waals surface area contributed by atoms with Crippen LogP contribution in [-0.2, 0) is 11.3 Å². The molecule has 1 aromatic rings. The number of nitrogens with one attached hydrogen (secondary N) is 2. The lowest BCUT2D eigenvalue weighted by Gasteiger charge is -2.26. The zero-order chi connectivity index (χ0) is 16.6. The number of hydrogen-bond donors (Lipinski definition) is 2. The molecule has 0 fully saturated rings. The monoisotopic (exact) mass is 321 g/mol. The summed E-state index contributed by atoms with van der Waals surface area (Å²) in [6, 6.07) is 9.75. The molecule has 2 N–H and O–H groups in total. The first-order chi connectivity index (χ1) is 10.4. The van der Waals surface area contributed by atoms with Crippen molar-refractivity contribution in [3.05, 3.63) is 34.9 Å². The molecular formula is C17H24ClN3O. The van der Waals surface area contributed by atoms with Crippen LogP contribution in [0.25, 0.3) is 0 Å². The third-order valence-electron chi connectivity index (χ3n) is 3.68. The van der Waals surface area contributed by atoms with Crippen molar-refractivity contribution in [2.75, 3.05) is 6.54 Å². The lowest BCUT2D eigenvalue weighted by molar-refractivity contribution is -0.129. The van der Waals surface area contributed by atoms with Gasteiger partial charge in [-0.25, -0.2) is 0 Å². The molecule has 22 heavy (non-hydrogen) atoms. The number of amides is 1. The van der Waals surface area contributed by atoms with Gasteiger partial charge in [0.25, 0.3) is 0 Å². The molecule has 5 heteroatoms. The van der Waals surface area contributed by atoms with Crippen molar-refractivity contribution in [2.24, 2.45) is 5.41 Å². The van der Waals surface area contributed by atoms with Crippen LogP contribution in [0.15, 0.2) is 24.3 Å². The van der Waals surface area contributed by atoms with E-state index in [1.54, 1.807) is 0 Å². The number of halogens is 1. The van der Waals surface area contributed by atoms with Gasteiger partial charge in [-0.2, -0.15) is 5.26 Å². The van der Waals surface area contributed by atoms with Crippen LogP contribution in [-0.4, -0.2) is 18.5 Å². The molecule has 0 aliphatic rings. The van der Waals surface area contributed by atoms with Gasteiger partial charge in [0.2, 0.25) is 5.91 Å². The summed E-state index contributed by atoms with van der Waals surface area (Å²) in [5.74, 6) is -0.0354. The Morgan fingerprint density at radius 2 is 2.09 bits per heavy atom. The molecule has 1 amide bonds. The van der Waals surface area contributed by atoms with E-state index in [-0.39, 0.29) is 11.9 Å². The highest BCUT2D eigenvalue weighted by Gasteiger charge is 2.28. The van der Waals surface area contributed by atoms with Crippen LogP contribution < -0.4 is 10.6 Å². The van der Waals surface area contributed by atoms with E-state index in [0.29, 0.717) is 24.5 Å². The molecule has 1 rings (SSSR count). The number of carbonyl (C=O) groups excluding carboxylic acids is 1. The van der Waals surface area contributed by atoms with E-state index in [1.165, 1.54) is 0 Å². The third-order valence-corrected chi connectivity index (χ3v) is 4.04. The molecule has 0 aliphatic heterocycles. The average molecular weight is 322 g/mol. The molecule has 0 aromatic heterocycles. The van der Waals surface area contributed by atoms with Gasteiger partial charge in [-0.1, -0.05) is 36.7 Å². The standard InChI is InChI=1S/C17H24ClN3O/c1-4-14(9-10-19)21-12-17(2,3)16(22)20-11-13-7-5-6-8-15(13)18/h5-8,14,21H,4,9,11-12H2,1-3H3,(H,20,22)/t14-/m1/s1. The van der Waals surface area contributed by atoms with E-state index >= 15 is 0 Å². The first kappa shape index (κ1) is 18.5. The highest BCUT2D eigenvalue weighted by atomic mass is 35.5. The number of rotatable bonds is 8. The van der Waals surface area contributed by atoms with Crippen LogP contribution >= 0.6 is 11.6 Å². The van der Waals surface area contributed by atoms with Crippen LogP contribution in [0.4, 0.5) is 0 Å². The number of carbonyl (C=O) groups is 1. The average Bonchev–Trinajstić information content (AvgIpc) is 2.50. The van der Waals surface area contributed by atoms with E-state index in [9.17, 15) is 4.79 Å². The summed E-state index contributed by atoms with van der Waals surface area (Å²) in [5.41, 5.74) is 0.349. The van der Waals surface area contributed by atoms with Crippen molar-refractivity contribution in [1.29, 1.82) is 5.26 Å². The normalized spacial score (nSPS) is 12.5. The van der Waals surface area contributed by atoms with E-state index in [1.807, 2.05) is 45.0 Å². The minimum Gasteiger partial charge on any atom is -0.351 e. The lowest BCUT2D eigenvalue weighted by atomic mass is 9.91. The Labute approximate surface area is 137 Å². The molecule has 0 spiro atoms. The summed E-state index contributed by atoms with van der Waals surface area (Å²) in [4.78, 5) is 12.3. The van der Waals surface area contributed by atoms with E-state index < -0.39 is 5.41 Å². The Morgan fingerprint density at radius 1 is 1.41 bits per heavy atom. The Hall–Kier alpha value is -1.57. The molecule has 0 saturated carbocycles. The van der Waals surface area contributed by atoms with Crippen molar-refractivity contribution in [1.82, 2.24) is 10.6 Å². The Morgan fingerprint density at radius 3 is 2.68 bits per heavy atom. The van der Waals surface area contributed by atoms with Gasteiger partial charge in [0.15, 0.2) is 0 Å². The van der Waals surface area contributed by atoms with Crippen molar-refractivity contribution < 1.29 is 4.79 Å². The summed E-state index contributed by atoms with van der Waals surface area (Å²) in [6.45, 7) is 6.75. The molecule has 0 saturated heterocycles. The zero-order valence-corrected chi connectivity index (χ0v) is 14.2. The number of hydrogen-bond acceptors (Lipinski definition) is 3. The lowest BCUT2D eigenvalue weighted by Crippen LogP contribution is -2.45. The smallest absolute Gasteiger partial charge is 0.227 e. The molecule has 120 valence electrons. The Balaban J connectivity index is 2.52. The number of benzene rings is 1. The van der Waals surface area contributed by atoms with Crippen molar-refractivity contribution in [2.45, 2.75) is 46.2 Å². The second-order valence-electron chi connectivity index (χ2n) is 6.01. The fourth-order valence-electron chi connectivity index (χ4n) is 2.01. The van der Waals surface area contributed by atoms with Crippen LogP contribution in [0.3, 0.4) is 0 Å². The maximum Gasteiger partial charge on any atom is 0.227 e. The summed E-state index contributed by atoms with van der Waals surface area (Å²) in [5, 5.41) is 15.6. The van der Waals surface area contributed by atoms with E-state index in [4.69, 9.17) is 16.9 Å². The minimum atomic E-state index is -0.551. The molecule has 0 bridgehead atoms. The van der Waals surface area contributed by atoms with Gasteiger partial charge in [0.1, 0.15) is 0 Å². The summed E-state index contributed by atoms with van der Waals surface area (Å²) in [6.07, 6.45) is 1.32.